The van der Waals surface area contributed by atoms with Gasteiger partial charge in [-0.2, -0.15) is 0 Å². The smallest absolute Gasteiger partial charge is 0.339 e. The first-order chi connectivity index (χ1) is 15.5. The zero-order chi connectivity index (χ0) is 23.1. The van der Waals surface area contributed by atoms with E-state index in [0.29, 0.717) is 34.9 Å². The number of nitrogens with zero attached hydrogens (tertiary/aromatic N) is 1. The molecule has 3 N–H and O–H groups in total. The molecule has 0 fully saturated rings. The molecule has 0 unspecified atom stereocenters. The van der Waals surface area contributed by atoms with E-state index in [9.17, 15) is 14.7 Å². The van der Waals surface area contributed by atoms with Crippen molar-refractivity contribution in [2.75, 3.05) is 25.6 Å². The monoisotopic (exact) mass is 453 g/mol. The van der Waals surface area contributed by atoms with Crippen LogP contribution in [0, 0.1) is 0 Å². The largest absolute Gasteiger partial charge is 0.465 e. The molecule has 32 heavy (non-hydrogen) atoms. The molecular formula is C24H27N3O4S. The number of para-hydroxylation sites is 1. The van der Waals surface area contributed by atoms with Crippen LogP contribution in [0.15, 0.2) is 53.3 Å². The average molecular weight is 454 g/mol. The molecule has 1 aromatic heterocycles. The van der Waals surface area contributed by atoms with Crippen LogP contribution < -0.4 is 10.9 Å². The number of H-pyrrole nitrogens is 1. The number of benzene rings is 2. The van der Waals surface area contributed by atoms with E-state index < -0.39 is 5.97 Å². The van der Waals surface area contributed by atoms with E-state index in [-0.39, 0.29) is 18.7 Å². The van der Waals surface area contributed by atoms with Gasteiger partial charge < -0.3 is 25.0 Å². The first-order valence-electron chi connectivity index (χ1n) is 10.5. The molecule has 0 aliphatic heterocycles. The van der Waals surface area contributed by atoms with Crippen LogP contribution in [-0.4, -0.2) is 46.3 Å². The highest BCUT2D eigenvalue weighted by Crippen LogP contribution is 2.19. The van der Waals surface area contributed by atoms with E-state index >= 15 is 0 Å². The van der Waals surface area contributed by atoms with Crippen molar-refractivity contribution in [1.82, 2.24) is 9.88 Å². The SMILES string of the molecule is CCc1ccc2[nH]c(=O)c(CN(CCCO)C(=S)Nc3ccccc3C(=O)OC)cc2c1. The number of thiocarbonyl (C=S) groups is 1. The summed E-state index contributed by atoms with van der Waals surface area (Å²) >= 11 is 5.60. The Kier molecular flexibility index (Phi) is 7.97. The third-order valence-electron chi connectivity index (χ3n) is 5.20. The van der Waals surface area contributed by atoms with Crippen LogP contribution in [0.3, 0.4) is 0 Å². The molecular weight excluding hydrogens is 426 g/mol. The number of aromatic nitrogens is 1. The van der Waals surface area contributed by atoms with E-state index in [1.165, 1.54) is 12.7 Å². The lowest BCUT2D eigenvalue weighted by molar-refractivity contribution is 0.0602. The number of carbonyl (C=O) groups excluding carboxylic acids is 1. The summed E-state index contributed by atoms with van der Waals surface area (Å²) < 4.78 is 4.84. The van der Waals surface area contributed by atoms with Gasteiger partial charge in [0.15, 0.2) is 5.11 Å². The summed E-state index contributed by atoms with van der Waals surface area (Å²) in [7, 11) is 1.32. The van der Waals surface area contributed by atoms with E-state index in [1.54, 1.807) is 29.2 Å². The van der Waals surface area contributed by atoms with Gasteiger partial charge in [0, 0.05) is 24.2 Å². The number of fused-ring (bicyclic) bond motifs is 1. The van der Waals surface area contributed by atoms with Gasteiger partial charge in [0.2, 0.25) is 0 Å². The topological polar surface area (TPSA) is 94.7 Å². The molecule has 0 amide bonds. The van der Waals surface area contributed by atoms with Crippen LogP contribution in [0.4, 0.5) is 5.69 Å². The van der Waals surface area contributed by atoms with E-state index in [1.807, 2.05) is 18.2 Å². The first-order valence-corrected chi connectivity index (χ1v) is 10.9. The van der Waals surface area contributed by atoms with Gasteiger partial charge in [-0.05, 0) is 66.3 Å². The van der Waals surface area contributed by atoms with E-state index in [2.05, 4.69) is 23.3 Å². The lowest BCUT2D eigenvalue weighted by atomic mass is 10.1. The normalized spacial score (nSPS) is 10.7. The van der Waals surface area contributed by atoms with Gasteiger partial charge in [0.05, 0.1) is 24.9 Å². The van der Waals surface area contributed by atoms with Gasteiger partial charge >= 0.3 is 5.97 Å². The van der Waals surface area contributed by atoms with Gasteiger partial charge in [0.25, 0.3) is 5.56 Å². The Hall–Kier alpha value is -3.23. The number of anilines is 1. The molecule has 1 heterocycles. The number of aromatic amines is 1. The Morgan fingerprint density at radius 3 is 2.72 bits per heavy atom. The number of pyridine rings is 1. The number of esters is 1. The highest BCUT2D eigenvalue weighted by Gasteiger charge is 2.17. The van der Waals surface area contributed by atoms with Gasteiger partial charge in [-0.3, -0.25) is 4.79 Å². The third kappa shape index (κ3) is 5.52. The highest BCUT2D eigenvalue weighted by atomic mass is 32.1. The lowest BCUT2D eigenvalue weighted by Gasteiger charge is -2.26. The molecule has 0 spiro atoms. The predicted octanol–water partition coefficient (Wildman–Crippen LogP) is 3.46. The summed E-state index contributed by atoms with van der Waals surface area (Å²) in [5.74, 6) is -0.476. The number of hydrogen-bond acceptors (Lipinski definition) is 5. The number of aryl methyl sites for hydroxylation is 1. The number of ether oxygens (including phenoxy) is 1. The van der Waals surface area contributed by atoms with Crippen molar-refractivity contribution in [1.29, 1.82) is 0 Å². The number of methoxy groups -OCH3 is 1. The Balaban J connectivity index is 1.89. The standard InChI is InChI=1S/C24H27N3O4S/c1-3-16-9-10-20-17(13-16)14-18(22(29)25-20)15-27(11-6-12-28)24(32)26-21-8-5-4-7-19(21)23(30)31-2/h4-5,7-10,13-14,28H,3,6,11-12,15H2,1-2H3,(H,25,29)(H,26,32). The molecule has 2 aromatic carbocycles. The second-order valence-corrected chi connectivity index (χ2v) is 7.75. The number of rotatable bonds is 8. The van der Waals surface area contributed by atoms with Crippen molar-refractivity contribution < 1.29 is 14.6 Å². The average Bonchev–Trinajstić information content (AvgIpc) is 2.81. The van der Waals surface area contributed by atoms with Gasteiger partial charge in [-0.25, -0.2) is 4.79 Å². The van der Waals surface area contributed by atoms with E-state index in [4.69, 9.17) is 17.0 Å². The molecule has 3 aromatic rings. The maximum absolute atomic E-state index is 12.7. The summed E-state index contributed by atoms with van der Waals surface area (Å²) in [6, 6.07) is 14.8. The maximum atomic E-state index is 12.7. The minimum Gasteiger partial charge on any atom is -0.465 e. The van der Waals surface area contributed by atoms with Crippen LogP contribution >= 0.6 is 12.2 Å². The molecule has 0 saturated carbocycles. The van der Waals surface area contributed by atoms with Crippen molar-refractivity contribution >= 4 is 39.9 Å². The second kappa shape index (κ2) is 10.9. The van der Waals surface area contributed by atoms with Gasteiger partial charge in [0.1, 0.15) is 0 Å². The summed E-state index contributed by atoms with van der Waals surface area (Å²) in [6.07, 6.45) is 1.38. The molecule has 8 heteroatoms. The Bertz CT molecular complexity index is 1180. The fourth-order valence-corrected chi connectivity index (χ4v) is 3.70. The van der Waals surface area contributed by atoms with Crippen LogP contribution in [0.25, 0.3) is 10.9 Å². The van der Waals surface area contributed by atoms with Crippen molar-refractivity contribution in [3.63, 3.8) is 0 Å². The molecule has 0 aliphatic rings. The summed E-state index contributed by atoms with van der Waals surface area (Å²) in [5, 5.41) is 13.7. The van der Waals surface area contributed by atoms with E-state index in [0.717, 1.165) is 17.3 Å². The quantitative estimate of drug-likeness (QED) is 0.355. The van der Waals surface area contributed by atoms with Crippen molar-refractivity contribution in [2.24, 2.45) is 0 Å². The molecule has 0 radical (unpaired) electrons. The second-order valence-electron chi connectivity index (χ2n) is 7.36. The minimum atomic E-state index is -0.476. The maximum Gasteiger partial charge on any atom is 0.339 e. The molecule has 3 rings (SSSR count). The summed E-state index contributed by atoms with van der Waals surface area (Å²) in [4.78, 5) is 29.5. The van der Waals surface area contributed by atoms with Crippen LogP contribution in [0.1, 0.15) is 34.8 Å². The van der Waals surface area contributed by atoms with Crippen LogP contribution in [0.2, 0.25) is 0 Å². The van der Waals surface area contributed by atoms with Crippen molar-refractivity contribution in [2.45, 2.75) is 26.3 Å². The number of aliphatic hydroxyl groups excluding tert-OH is 1. The Morgan fingerprint density at radius 2 is 2.00 bits per heavy atom. The van der Waals surface area contributed by atoms with Gasteiger partial charge in [-0.1, -0.05) is 25.1 Å². The number of aliphatic hydroxyl groups is 1. The minimum absolute atomic E-state index is 0.00814. The van der Waals surface area contributed by atoms with Crippen molar-refractivity contribution in [3.05, 3.63) is 75.6 Å². The molecule has 0 atom stereocenters. The number of carbonyl (C=O) groups is 1. The first kappa shape index (κ1) is 23.4. The molecule has 0 aliphatic carbocycles. The summed E-state index contributed by atoms with van der Waals surface area (Å²) in [5.41, 5.74) is 3.21. The number of nitrogens with one attached hydrogen (secondary N) is 2. The highest BCUT2D eigenvalue weighted by molar-refractivity contribution is 7.80. The molecule has 0 bridgehead atoms. The lowest BCUT2D eigenvalue weighted by Crippen LogP contribution is -2.37. The molecule has 0 saturated heterocycles. The van der Waals surface area contributed by atoms with Crippen molar-refractivity contribution in [3.8, 4) is 0 Å². The zero-order valence-electron chi connectivity index (χ0n) is 18.2. The predicted molar refractivity (Wildman–Crippen MR) is 130 cm³/mol. The summed E-state index contributed by atoms with van der Waals surface area (Å²) in [6.45, 7) is 2.77. The number of hydrogen-bond donors (Lipinski definition) is 3. The fraction of sp³-hybridized carbons (Fsp3) is 0.292. The fourth-order valence-electron chi connectivity index (χ4n) is 3.43. The van der Waals surface area contributed by atoms with Crippen LogP contribution in [0.5, 0.6) is 0 Å². The zero-order valence-corrected chi connectivity index (χ0v) is 19.0. The Morgan fingerprint density at radius 1 is 1.22 bits per heavy atom. The van der Waals surface area contributed by atoms with Gasteiger partial charge in [-0.15, -0.1) is 0 Å². The molecule has 168 valence electrons. The van der Waals surface area contributed by atoms with Crippen LogP contribution in [-0.2, 0) is 17.7 Å². The Labute approximate surface area is 192 Å². The third-order valence-corrected chi connectivity index (χ3v) is 5.56. The molecule has 7 nitrogen and oxygen atoms in total.